The Hall–Kier alpha value is -2.90. The first-order chi connectivity index (χ1) is 12.4. The highest BCUT2D eigenvalue weighted by atomic mass is 16.4. The van der Waals surface area contributed by atoms with Gasteiger partial charge in [0.05, 0.1) is 0 Å². The smallest absolute Gasteiger partial charge is 0.325 e. The van der Waals surface area contributed by atoms with E-state index in [0.29, 0.717) is 5.56 Å². The standard InChI is InChI=1S/C19H25N3O5/c1-18(2,3)12-6-8-13(9-7-12)19(4)16(26)22(17(27)20-19)10-14(23)21(5)11-15(24)25/h6-9H,10-11H2,1-5H3,(H,20,27)(H,24,25). The predicted octanol–water partition coefficient (Wildman–Crippen LogP) is 1.29. The van der Waals surface area contributed by atoms with E-state index in [1.807, 2.05) is 12.1 Å². The van der Waals surface area contributed by atoms with E-state index in [0.717, 1.165) is 15.4 Å². The molecule has 27 heavy (non-hydrogen) atoms. The second-order valence-electron chi connectivity index (χ2n) is 7.92. The van der Waals surface area contributed by atoms with Gasteiger partial charge in [-0.05, 0) is 23.5 Å². The predicted molar refractivity (Wildman–Crippen MR) is 98.0 cm³/mol. The summed E-state index contributed by atoms with van der Waals surface area (Å²) in [5.74, 6) is -2.35. The van der Waals surface area contributed by atoms with Gasteiger partial charge in [0.2, 0.25) is 5.91 Å². The molecule has 1 heterocycles. The molecule has 1 aromatic carbocycles. The molecule has 8 nitrogen and oxygen atoms in total. The molecule has 1 aliphatic heterocycles. The van der Waals surface area contributed by atoms with Crippen LogP contribution in [0, 0.1) is 0 Å². The zero-order chi connectivity index (χ0) is 20.6. The summed E-state index contributed by atoms with van der Waals surface area (Å²) >= 11 is 0. The quantitative estimate of drug-likeness (QED) is 0.754. The molecule has 1 unspecified atom stereocenters. The van der Waals surface area contributed by atoms with E-state index < -0.39 is 42.4 Å². The van der Waals surface area contributed by atoms with E-state index in [4.69, 9.17) is 5.11 Å². The molecule has 1 aromatic rings. The Morgan fingerprint density at radius 3 is 2.22 bits per heavy atom. The maximum absolute atomic E-state index is 12.9. The Balaban J connectivity index is 2.21. The summed E-state index contributed by atoms with van der Waals surface area (Å²) in [6, 6.07) is 6.73. The molecule has 1 atom stereocenters. The van der Waals surface area contributed by atoms with Crippen LogP contribution in [0.15, 0.2) is 24.3 Å². The van der Waals surface area contributed by atoms with Gasteiger partial charge in [-0.2, -0.15) is 0 Å². The van der Waals surface area contributed by atoms with Gasteiger partial charge in [0.1, 0.15) is 18.6 Å². The van der Waals surface area contributed by atoms with Crippen LogP contribution in [0.1, 0.15) is 38.8 Å². The van der Waals surface area contributed by atoms with Crippen molar-refractivity contribution in [2.75, 3.05) is 20.1 Å². The van der Waals surface area contributed by atoms with Crippen molar-refractivity contribution in [3.8, 4) is 0 Å². The Bertz CT molecular complexity index is 782. The minimum absolute atomic E-state index is 0.0461. The summed E-state index contributed by atoms with van der Waals surface area (Å²) in [6.07, 6.45) is 0. The monoisotopic (exact) mass is 375 g/mol. The minimum atomic E-state index is -1.28. The molecule has 8 heteroatoms. The number of urea groups is 1. The summed E-state index contributed by atoms with van der Waals surface area (Å²) in [5, 5.41) is 11.4. The first-order valence-corrected chi connectivity index (χ1v) is 8.57. The van der Waals surface area contributed by atoms with Gasteiger partial charge in [-0.15, -0.1) is 0 Å². The fourth-order valence-electron chi connectivity index (χ4n) is 2.89. The van der Waals surface area contributed by atoms with Crippen LogP contribution in [0.25, 0.3) is 0 Å². The number of carboxylic acid groups (broad SMARTS) is 1. The third kappa shape index (κ3) is 4.10. The molecule has 1 saturated heterocycles. The van der Waals surface area contributed by atoms with Gasteiger partial charge in [0, 0.05) is 7.05 Å². The summed E-state index contributed by atoms with van der Waals surface area (Å²) in [7, 11) is 1.30. The molecule has 2 rings (SSSR count). The number of imide groups is 1. The van der Waals surface area contributed by atoms with E-state index in [2.05, 4.69) is 26.1 Å². The summed E-state index contributed by atoms with van der Waals surface area (Å²) in [5.41, 5.74) is 0.381. The molecule has 0 spiro atoms. The van der Waals surface area contributed by atoms with Gasteiger partial charge in [0.15, 0.2) is 0 Å². The molecule has 1 aliphatic rings. The number of carbonyl (C=O) groups is 4. The summed E-state index contributed by atoms with van der Waals surface area (Å²) < 4.78 is 0. The number of hydrogen-bond acceptors (Lipinski definition) is 4. The number of nitrogens with one attached hydrogen (secondary N) is 1. The number of aliphatic carboxylic acids is 1. The SMILES string of the molecule is CN(CC(=O)O)C(=O)CN1C(=O)NC(C)(c2ccc(C(C)(C)C)cc2)C1=O. The molecule has 4 amide bonds. The molecular formula is C19H25N3O5. The number of likely N-dealkylation sites (N-methyl/N-ethyl adjacent to an activating group) is 1. The van der Waals surface area contributed by atoms with E-state index in [1.54, 1.807) is 19.1 Å². The van der Waals surface area contributed by atoms with Crippen LogP contribution in [0.2, 0.25) is 0 Å². The Labute approximate surface area is 158 Å². The van der Waals surface area contributed by atoms with Crippen LogP contribution in [0.3, 0.4) is 0 Å². The van der Waals surface area contributed by atoms with Gasteiger partial charge in [-0.3, -0.25) is 19.3 Å². The Morgan fingerprint density at radius 2 is 1.74 bits per heavy atom. The third-order valence-electron chi connectivity index (χ3n) is 4.69. The molecule has 0 radical (unpaired) electrons. The number of hydrogen-bond donors (Lipinski definition) is 2. The molecule has 1 fully saturated rings. The summed E-state index contributed by atoms with van der Waals surface area (Å²) in [4.78, 5) is 49.7. The Kier molecular flexibility index (Phi) is 5.30. The van der Waals surface area contributed by atoms with Gasteiger partial charge >= 0.3 is 12.0 Å². The largest absolute Gasteiger partial charge is 0.480 e. The number of carbonyl (C=O) groups excluding carboxylic acids is 3. The zero-order valence-corrected chi connectivity index (χ0v) is 16.2. The lowest BCUT2D eigenvalue weighted by molar-refractivity contribution is -0.144. The van der Waals surface area contributed by atoms with Gasteiger partial charge in [0.25, 0.3) is 5.91 Å². The second kappa shape index (κ2) is 7.02. The lowest BCUT2D eigenvalue weighted by Crippen LogP contribution is -2.44. The normalized spacial score (nSPS) is 19.8. The van der Waals surface area contributed by atoms with Crippen LogP contribution in [0.4, 0.5) is 4.79 Å². The van der Waals surface area contributed by atoms with Crippen molar-refractivity contribution in [2.45, 2.75) is 38.6 Å². The van der Waals surface area contributed by atoms with Crippen molar-refractivity contribution in [1.29, 1.82) is 0 Å². The maximum atomic E-state index is 12.9. The number of amides is 4. The number of rotatable bonds is 5. The van der Waals surface area contributed by atoms with Gasteiger partial charge < -0.3 is 15.3 Å². The van der Waals surface area contributed by atoms with Gasteiger partial charge in [-0.1, -0.05) is 45.0 Å². The molecule has 2 N–H and O–H groups in total. The van der Waals surface area contributed by atoms with Crippen molar-refractivity contribution in [3.63, 3.8) is 0 Å². The van der Waals surface area contributed by atoms with Crippen molar-refractivity contribution in [3.05, 3.63) is 35.4 Å². The van der Waals surface area contributed by atoms with E-state index in [9.17, 15) is 19.2 Å². The topological polar surface area (TPSA) is 107 Å². The maximum Gasteiger partial charge on any atom is 0.325 e. The second-order valence-corrected chi connectivity index (χ2v) is 7.92. The highest BCUT2D eigenvalue weighted by Gasteiger charge is 2.49. The first kappa shape index (κ1) is 20.4. The third-order valence-corrected chi connectivity index (χ3v) is 4.69. The van der Waals surface area contributed by atoms with Crippen LogP contribution in [0.5, 0.6) is 0 Å². The van der Waals surface area contributed by atoms with Crippen molar-refractivity contribution in [2.24, 2.45) is 0 Å². The molecule has 146 valence electrons. The molecular weight excluding hydrogens is 350 g/mol. The van der Waals surface area contributed by atoms with Crippen LogP contribution in [-0.4, -0.2) is 58.9 Å². The highest BCUT2D eigenvalue weighted by Crippen LogP contribution is 2.31. The average Bonchev–Trinajstić information content (AvgIpc) is 2.77. The molecule has 0 bridgehead atoms. The molecule has 0 aliphatic carbocycles. The van der Waals surface area contributed by atoms with Crippen LogP contribution in [-0.2, 0) is 25.3 Å². The van der Waals surface area contributed by atoms with Crippen LogP contribution >= 0.6 is 0 Å². The average molecular weight is 375 g/mol. The highest BCUT2D eigenvalue weighted by molar-refractivity contribution is 6.09. The first-order valence-electron chi connectivity index (χ1n) is 8.57. The number of carboxylic acids is 1. The minimum Gasteiger partial charge on any atom is -0.480 e. The molecule has 0 saturated carbocycles. The molecule has 0 aromatic heterocycles. The van der Waals surface area contributed by atoms with Crippen molar-refractivity contribution < 1.29 is 24.3 Å². The Morgan fingerprint density at radius 1 is 1.19 bits per heavy atom. The fraction of sp³-hybridized carbons (Fsp3) is 0.474. The lowest BCUT2D eigenvalue weighted by atomic mass is 9.84. The van der Waals surface area contributed by atoms with Crippen molar-refractivity contribution >= 4 is 23.8 Å². The van der Waals surface area contributed by atoms with E-state index in [-0.39, 0.29) is 5.41 Å². The van der Waals surface area contributed by atoms with Crippen LogP contribution < -0.4 is 5.32 Å². The van der Waals surface area contributed by atoms with Crippen molar-refractivity contribution in [1.82, 2.24) is 15.1 Å². The fourth-order valence-corrected chi connectivity index (χ4v) is 2.89. The van der Waals surface area contributed by atoms with E-state index >= 15 is 0 Å². The zero-order valence-electron chi connectivity index (χ0n) is 16.2. The number of nitrogens with zero attached hydrogens (tertiary/aromatic N) is 2. The van der Waals surface area contributed by atoms with E-state index in [1.165, 1.54) is 7.05 Å². The number of benzene rings is 1. The van der Waals surface area contributed by atoms with Gasteiger partial charge in [-0.25, -0.2) is 4.79 Å². The lowest BCUT2D eigenvalue weighted by Gasteiger charge is -2.25. The summed E-state index contributed by atoms with van der Waals surface area (Å²) in [6.45, 7) is 6.80.